The van der Waals surface area contributed by atoms with Gasteiger partial charge in [-0.1, -0.05) is 26.0 Å². The molecule has 1 aromatic carbocycles. The van der Waals surface area contributed by atoms with E-state index in [-0.39, 0.29) is 18.3 Å². The van der Waals surface area contributed by atoms with Crippen LogP contribution in [0.1, 0.15) is 25.0 Å². The summed E-state index contributed by atoms with van der Waals surface area (Å²) in [6, 6.07) is 4.81. The first-order valence-corrected chi connectivity index (χ1v) is 5.39. The monoisotopic (exact) mass is 226 g/mol. The Kier molecular flexibility index (Phi) is 4.05. The molecule has 0 aromatic heterocycles. The highest BCUT2D eigenvalue weighted by Crippen LogP contribution is 2.30. The van der Waals surface area contributed by atoms with Crippen LogP contribution in [0.25, 0.3) is 0 Å². The Balaban J connectivity index is 3.16. The summed E-state index contributed by atoms with van der Waals surface area (Å²) in [4.78, 5) is 0. The Hall–Kier alpha value is -0.930. The van der Waals surface area contributed by atoms with Crippen molar-refractivity contribution in [3.63, 3.8) is 0 Å². The first-order valence-electron chi connectivity index (χ1n) is 5.39. The summed E-state index contributed by atoms with van der Waals surface area (Å²) in [6.45, 7) is 5.63. The predicted molar refractivity (Wildman–Crippen MR) is 61.7 cm³/mol. The lowest BCUT2D eigenvalue weighted by Crippen LogP contribution is -2.37. The van der Waals surface area contributed by atoms with E-state index in [9.17, 15) is 9.50 Å². The minimum absolute atomic E-state index is 0.0467. The summed E-state index contributed by atoms with van der Waals surface area (Å²) in [7, 11) is 1.53. The maximum Gasteiger partial charge on any atom is 0.126 e. The molecule has 0 fully saturated rings. The molecule has 3 heteroatoms. The van der Waals surface area contributed by atoms with Gasteiger partial charge in [0.2, 0.25) is 0 Å². The van der Waals surface area contributed by atoms with Gasteiger partial charge in [-0.3, -0.25) is 0 Å². The molecule has 0 saturated carbocycles. The first-order chi connectivity index (χ1) is 7.41. The van der Waals surface area contributed by atoms with E-state index in [2.05, 4.69) is 0 Å². The Bertz CT molecular complexity index is 363. The quantitative estimate of drug-likeness (QED) is 0.855. The second-order valence-electron chi connectivity index (χ2n) is 4.48. The fourth-order valence-electron chi connectivity index (χ4n) is 1.67. The molecule has 1 rings (SSSR count). The van der Waals surface area contributed by atoms with Crippen LogP contribution in [0.2, 0.25) is 0 Å². The molecule has 0 aliphatic heterocycles. The van der Waals surface area contributed by atoms with Crippen LogP contribution in [0.3, 0.4) is 0 Å². The molecule has 0 aliphatic carbocycles. The van der Waals surface area contributed by atoms with Crippen molar-refractivity contribution < 1.29 is 14.2 Å². The zero-order valence-corrected chi connectivity index (χ0v) is 10.2. The fourth-order valence-corrected chi connectivity index (χ4v) is 1.67. The van der Waals surface area contributed by atoms with Crippen LogP contribution in [0.15, 0.2) is 18.2 Å². The molecular formula is C13H19FO2. The van der Waals surface area contributed by atoms with E-state index in [1.807, 2.05) is 13.8 Å². The van der Waals surface area contributed by atoms with Crippen LogP contribution < -0.4 is 0 Å². The number of hydrogen-bond donors (Lipinski definition) is 1. The highest BCUT2D eigenvalue weighted by molar-refractivity contribution is 5.28. The van der Waals surface area contributed by atoms with Gasteiger partial charge in [0.25, 0.3) is 0 Å². The van der Waals surface area contributed by atoms with Crippen molar-refractivity contribution in [2.75, 3.05) is 13.7 Å². The lowest BCUT2D eigenvalue weighted by molar-refractivity contribution is -0.0702. The maximum absolute atomic E-state index is 13.5. The van der Waals surface area contributed by atoms with Crippen LogP contribution in [0, 0.1) is 18.7 Å². The van der Waals surface area contributed by atoms with Gasteiger partial charge >= 0.3 is 0 Å². The molecule has 0 saturated heterocycles. The Morgan fingerprint density at radius 2 is 2.06 bits per heavy atom. The number of aryl methyl sites for hydroxylation is 1. The third-order valence-corrected chi connectivity index (χ3v) is 2.99. The van der Waals surface area contributed by atoms with Gasteiger partial charge in [0, 0.05) is 7.11 Å². The van der Waals surface area contributed by atoms with E-state index < -0.39 is 5.60 Å². The van der Waals surface area contributed by atoms with E-state index in [4.69, 9.17) is 4.74 Å². The zero-order valence-electron chi connectivity index (χ0n) is 10.2. The molecule has 0 radical (unpaired) electrons. The zero-order chi connectivity index (χ0) is 12.3. The number of methoxy groups -OCH3 is 1. The molecule has 0 amide bonds. The second kappa shape index (κ2) is 4.93. The molecule has 2 nitrogen and oxygen atoms in total. The number of benzene rings is 1. The van der Waals surface area contributed by atoms with Crippen molar-refractivity contribution in [1.82, 2.24) is 0 Å². The Morgan fingerprint density at radius 3 is 2.50 bits per heavy atom. The molecule has 16 heavy (non-hydrogen) atoms. The molecule has 0 heterocycles. The van der Waals surface area contributed by atoms with Crippen molar-refractivity contribution in [3.05, 3.63) is 35.1 Å². The van der Waals surface area contributed by atoms with E-state index in [0.29, 0.717) is 11.1 Å². The van der Waals surface area contributed by atoms with Gasteiger partial charge in [0.05, 0.1) is 6.61 Å². The molecule has 0 bridgehead atoms. The van der Waals surface area contributed by atoms with Crippen molar-refractivity contribution in [2.45, 2.75) is 26.4 Å². The fraction of sp³-hybridized carbons (Fsp3) is 0.538. The smallest absolute Gasteiger partial charge is 0.126 e. The molecular weight excluding hydrogens is 207 g/mol. The lowest BCUT2D eigenvalue weighted by atomic mass is 9.83. The number of halogens is 1. The first kappa shape index (κ1) is 13.1. The van der Waals surface area contributed by atoms with Gasteiger partial charge in [-0.25, -0.2) is 4.39 Å². The molecule has 0 spiro atoms. The van der Waals surface area contributed by atoms with Gasteiger partial charge in [-0.05, 0) is 30.0 Å². The standard InChI is InChI=1S/C13H19FO2/c1-9(2)13(15,8-16-4)11-6-5-10(3)12(14)7-11/h5-7,9,15H,8H2,1-4H3. The van der Waals surface area contributed by atoms with E-state index in [0.717, 1.165) is 0 Å². The van der Waals surface area contributed by atoms with Gasteiger partial charge < -0.3 is 9.84 Å². The molecule has 1 N–H and O–H groups in total. The van der Waals surface area contributed by atoms with E-state index in [1.54, 1.807) is 19.1 Å². The van der Waals surface area contributed by atoms with Crippen LogP contribution in [0.4, 0.5) is 4.39 Å². The van der Waals surface area contributed by atoms with Crippen LogP contribution in [-0.2, 0) is 10.3 Å². The molecule has 1 atom stereocenters. The summed E-state index contributed by atoms with van der Waals surface area (Å²) in [6.07, 6.45) is 0. The van der Waals surface area contributed by atoms with Crippen molar-refractivity contribution in [2.24, 2.45) is 5.92 Å². The lowest BCUT2D eigenvalue weighted by Gasteiger charge is -2.32. The van der Waals surface area contributed by atoms with Gasteiger partial charge in [-0.15, -0.1) is 0 Å². The minimum atomic E-state index is -1.14. The average molecular weight is 226 g/mol. The normalized spacial score (nSPS) is 15.2. The van der Waals surface area contributed by atoms with Gasteiger partial charge in [-0.2, -0.15) is 0 Å². The summed E-state index contributed by atoms with van der Waals surface area (Å²) in [5.41, 5.74) is 0.00301. The SMILES string of the molecule is COCC(O)(c1ccc(C)c(F)c1)C(C)C. The topological polar surface area (TPSA) is 29.5 Å². The van der Waals surface area contributed by atoms with E-state index in [1.165, 1.54) is 13.2 Å². The summed E-state index contributed by atoms with van der Waals surface area (Å²) in [5.74, 6) is -0.345. The molecule has 90 valence electrons. The highest BCUT2D eigenvalue weighted by Gasteiger charge is 2.33. The Morgan fingerprint density at radius 1 is 1.44 bits per heavy atom. The van der Waals surface area contributed by atoms with Gasteiger partial charge in [0.1, 0.15) is 11.4 Å². The van der Waals surface area contributed by atoms with Crippen molar-refractivity contribution in [3.8, 4) is 0 Å². The third kappa shape index (κ3) is 2.42. The average Bonchev–Trinajstić information content (AvgIpc) is 2.22. The number of ether oxygens (including phenoxy) is 1. The van der Waals surface area contributed by atoms with Crippen LogP contribution in [0.5, 0.6) is 0 Å². The summed E-state index contributed by atoms with van der Waals surface area (Å²) >= 11 is 0. The Labute approximate surface area is 96.1 Å². The minimum Gasteiger partial charge on any atom is -0.382 e. The third-order valence-electron chi connectivity index (χ3n) is 2.99. The van der Waals surface area contributed by atoms with Crippen LogP contribution >= 0.6 is 0 Å². The highest BCUT2D eigenvalue weighted by atomic mass is 19.1. The molecule has 1 aromatic rings. The summed E-state index contributed by atoms with van der Waals surface area (Å²) < 4.78 is 18.5. The van der Waals surface area contributed by atoms with E-state index >= 15 is 0 Å². The molecule has 0 aliphatic rings. The van der Waals surface area contributed by atoms with Gasteiger partial charge in [0.15, 0.2) is 0 Å². The predicted octanol–water partition coefficient (Wildman–Crippen LogP) is 2.62. The van der Waals surface area contributed by atoms with Crippen molar-refractivity contribution >= 4 is 0 Å². The van der Waals surface area contributed by atoms with Crippen LogP contribution in [-0.4, -0.2) is 18.8 Å². The largest absolute Gasteiger partial charge is 0.382 e. The summed E-state index contributed by atoms with van der Waals surface area (Å²) in [5, 5.41) is 10.5. The number of aliphatic hydroxyl groups is 1. The maximum atomic E-state index is 13.5. The number of rotatable bonds is 4. The molecule has 1 unspecified atom stereocenters. The second-order valence-corrected chi connectivity index (χ2v) is 4.48. The van der Waals surface area contributed by atoms with Crippen molar-refractivity contribution in [1.29, 1.82) is 0 Å². The number of hydrogen-bond acceptors (Lipinski definition) is 2.